The Morgan fingerprint density at radius 3 is 2.43 bits per heavy atom. The Morgan fingerprint density at radius 2 is 1.78 bits per heavy atom. The first-order chi connectivity index (χ1) is 11.2. The van der Waals surface area contributed by atoms with E-state index < -0.39 is 0 Å². The van der Waals surface area contributed by atoms with E-state index in [-0.39, 0.29) is 17.9 Å². The Hall–Kier alpha value is -2.33. The SMILES string of the molecule is CN(c1ccccc1)c1ccccc1C(=O)NCC1(CO)CC1. The lowest BCUT2D eigenvalue weighted by Gasteiger charge is -2.22. The van der Waals surface area contributed by atoms with Gasteiger partial charge in [0, 0.05) is 24.7 Å². The van der Waals surface area contributed by atoms with Crippen LogP contribution in [0.15, 0.2) is 54.6 Å². The van der Waals surface area contributed by atoms with E-state index in [9.17, 15) is 9.90 Å². The Kier molecular flexibility index (Phi) is 4.35. The second-order valence-corrected chi connectivity index (χ2v) is 6.25. The van der Waals surface area contributed by atoms with Crippen LogP contribution in [0, 0.1) is 5.41 Å². The van der Waals surface area contributed by atoms with Crippen LogP contribution in [-0.4, -0.2) is 31.2 Å². The number of para-hydroxylation sites is 2. The number of hydrogen-bond donors (Lipinski definition) is 2. The molecule has 4 nitrogen and oxygen atoms in total. The third-order valence-electron chi connectivity index (χ3n) is 4.57. The Morgan fingerprint density at radius 1 is 1.13 bits per heavy atom. The van der Waals surface area contributed by atoms with Gasteiger partial charge in [-0.05, 0) is 37.1 Å². The van der Waals surface area contributed by atoms with Gasteiger partial charge in [0.15, 0.2) is 0 Å². The van der Waals surface area contributed by atoms with E-state index in [2.05, 4.69) is 5.32 Å². The molecule has 0 spiro atoms. The molecule has 1 saturated carbocycles. The second-order valence-electron chi connectivity index (χ2n) is 6.25. The molecular weight excluding hydrogens is 288 g/mol. The van der Waals surface area contributed by atoms with E-state index >= 15 is 0 Å². The van der Waals surface area contributed by atoms with Crippen LogP contribution in [0.25, 0.3) is 0 Å². The van der Waals surface area contributed by atoms with Crippen molar-refractivity contribution >= 4 is 17.3 Å². The van der Waals surface area contributed by atoms with E-state index in [1.54, 1.807) is 0 Å². The molecule has 2 aromatic carbocycles. The lowest BCUT2D eigenvalue weighted by atomic mass is 10.1. The maximum absolute atomic E-state index is 12.6. The summed E-state index contributed by atoms with van der Waals surface area (Å²) in [5, 5.41) is 12.3. The number of hydrogen-bond acceptors (Lipinski definition) is 3. The smallest absolute Gasteiger partial charge is 0.253 e. The number of rotatable bonds is 6. The normalized spacial score (nSPS) is 15.0. The number of amides is 1. The summed E-state index contributed by atoms with van der Waals surface area (Å²) in [4.78, 5) is 14.6. The highest BCUT2D eigenvalue weighted by Gasteiger charge is 2.42. The third kappa shape index (κ3) is 3.37. The van der Waals surface area contributed by atoms with Crippen LogP contribution in [0.5, 0.6) is 0 Å². The number of aliphatic hydroxyl groups excluding tert-OH is 1. The molecule has 0 aliphatic heterocycles. The van der Waals surface area contributed by atoms with Crippen LogP contribution in [0.2, 0.25) is 0 Å². The minimum Gasteiger partial charge on any atom is -0.396 e. The average molecular weight is 310 g/mol. The molecule has 2 N–H and O–H groups in total. The van der Waals surface area contributed by atoms with Crippen molar-refractivity contribution in [1.29, 1.82) is 0 Å². The lowest BCUT2D eigenvalue weighted by molar-refractivity contribution is 0.0936. The van der Waals surface area contributed by atoms with Crippen LogP contribution in [0.4, 0.5) is 11.4 Å². The Labute approximate surface area is 136 Å². The first-order valence-electron chi connectivity index (χ1n) is 7.92. The Balaban J connectivity index is 1.79. The first kappa shape index (κ1) is 15.6. The van der Waals surface area contributed by atoms with E-state index in [1.165, 1.54) is 0 Å². The van der Waals surface area contributed by atoms with E-state index in [0.29, 0.717) is 12.1 Å². The highest BCUT2D eigenvalue weighted by atomic mass is 16.3. The second kappa shape index (κ2) is 6.42. The number of benzene rings is 2. The molecule has 120 valence electrons. The fourth-order valence-corrected chi connectivity index (χ4v) is 2.68. The predicted molar refractivity (Wildman–Crippen MR) is 92.0 cm³/mol. The molecule has 2 aromatic rings. The molecule has 0 aromatic heterocycles. The van der Waals surface area contributed by atoms with Crippen molar-refractivity contribution in [2.45, 2.75) is 12.8 Å². The van der Waals surface area contributed by atoms with Crippen LogP contribution in [0.1, 0.15) is 23.2 Å². The van der Waals surface area contributed by atoms with Crippen molar-refractivity contribution in [1.82, 2.24) is 5.32 Å². The molecular formula is C19H22N2O2. The molecule has 0 heterocycles. The van der Waals surface area contributed by atoms with Crippen LogP contribution < -0.4 is 10.2 Å². The molecule has 0 bridgehead atoms. The summed E-state index contributed by atoms with van der Waals surface area (Å²) in [5.41, 5.74) is 2.45. The number of carbonyl (C=O) groups excluding carboxylic acids is 1. The molecule has 1 amide bonds. The van der Waals surface area contributed by atoms with Gasteiger partial charge in [-0.15, -0.1) is 0 Å². The molecule has 0 unspecified atom stereocenters. The monoisotopic (exact) mass is 310 g/mol. The maximum Gasteiger partial charge on any atom is 0.253 e. The van der Waals surface area contributed by atoms with Crippen molar-refractivity contribution in [2.75, 3.05) is 25.1 Å². The number of aliphatic hydroxyl groups is 1. The predicted octanol–water partition coefficient (Wildman–Crippen LogP) is 2.96. The summed E-state index contributed by atoms with van der Waals surface area (Å²) >= 11 is 0. The molecule has 0 atom stereocenters. The van der Waals surface area contributed by atoms with Gasteiger partial charge >= 0.3 is 0 Å². The van der Waals surface area contributed by atoms with Gasteiger partial charge in [-0.2, -0.15) is 0 Å². The van der Waals surface area contributed by atoms with Gasteiger partial charge in [0.2, 0.25) is 0 Å². The number of nitrogens with zero attached hydrogens (tertiary/aromatic N) is 1. The Bertz CT molecular complexity index is 681. The number of carbonyl (C=O) groups is 1. The van der Waals surface area contributed by atoms with Crippen LogP contribution in [-0.2, 0) is 0 Å². The first-order valence-corrected chi connectivity index (χ1v) is 7.92. The van der Waals surface area contributed by atoms with Crippen molar-refractivity contribution in [3.05, 3.63) is 60.2 Å². The average Bonchev–Trinajstić information content (AvgIpc) is 3.40. The number of nitrogens with one attached hydrogen (secondary N) is 1. The van der Waals surface area contributed by atoms with Crippen LogP contribution in [0.3, 0.4) is 0 Å². The van der Waals surface area contributed by atoms with E-state index in [4.69, 9.17) is 0 Å². The van der Waals surface area contributed by atoms with Crippen LogP contribution >= 0.6 is 0 Å². The third-order valence-corrected chi connectivity index (χ3v) is 4.57. The summed E-state index contributed by atoms with van der Waals surface area (Å²) in [6.07, 6.45) is 1.96. The van der Waals surface area contributed by atoms with E-state index in [0.717, 1.165) is 24.2 Å². The molecule has 3 rings (SSSR count). The van der Waals surface area contributed by atoms with Crippen molar-refractivity contribution in [3.63, 3.8) is 0 Å². The highest BCUT2D eigenvalue weighted by molar-refractivity contribution is 6.00. The number of anilines is 2. The van der Waals surface area contributed by atoms with Gasteiger partial charge in [-0.3, -0.25) is 4.79 Å². The molecule has 0 saturated heterocycles. The zero-order valence-electron chi connectivity index (χ0n) is 13.3. The van der Waals surface area contributed by atoms with Crippen molar-refractivity contribution in [2.24, 2.45) is 5.41 Å². The van der Waals surface area contributed by atoms with Gasteiger partial charge in [-0.25, -0.2) is 0 Å². The largest absolute Gasteiger partial charge is 0.396 e. The molecule has 1 aliphatic carbocycles. The van der Waals surface area contributed by atoms with Gasteiger partial charge in [0.05, 0.1) is 17.9 Å². The molecule has 1 fully saturated rings. The fourth-order valence-electron chi connectivity index (χ4n) is 2.68. The van der Waals surface area contributed by atoms with E-state index in [1.807, 2.05) is 66.5 Å². The lowest BCUT2D eigenvalue weighted by Crippen LogP contribution is -2.32. The minimum atomic E-state index is -0.0943. The van der Waals surface area contributed by atoms with Crippen molar-refractivity contribution < 1.29 is 9.90 Å². The quantitative estimate of drug-likeness (QED) is 0.862. The summed E-state index contributed by atoms with van der Waals surface area (Å²) in [5.74, 6) is -0.0943. The molecule has 4 heteroatoms. The van der Waals surface area contributed by atoms with Gasteiger partial charge < -0.3 is 15.3 Å². The summed E-state index contributed by atoms with van der Waals surface area (Å²) in [7, 11) is 1.96. The van der Waals surface area contributed by atoms with Gasteiger partial charge in [-0.1, -0.05) is 30.3 Å². The maximum atomic E-state index is 12.6. The minimum absolute atomic E-state index is 0.0874. The highest BCUT2D eigenvalue weighted by Crippen LogP contribution is 2.44. The topological polar surface area (TPSA) is 52.6 Å². The summed E-state index contributed by atoms with van der Waals surface area (Å²) in [6.45, 7) is 0.671. The summed E-state index contributed by atoms with van der Waals surface area (Å²) < 4.78 is 0. The van der Waals surface area contributed by atoms with Crippen molar-refractivity contribution in [3.8, 4) is 0 Å². The summed E-state index contributed by atoms with van der Waals surface area (Å²) in [6, 6.07) is 17.5. The molecule has 0 radical (unpaired) electrons. The fraction of sp³-hybridized carbons (Fsp3) is 0.316. The zero-order chi connectivity index (χ0) is 16.3. The molecule has 1 aliphatic rings. The standard InChI is InChI=1S/C19H22N2O2/c1-21(15-7-3-2-4-8-15)17-10-6-5-9-16(17)18(23)20-13-19(14-22)11-12-19/h2-10,22H,11-14H2,1H3,(H,20,23). The molecule has 23 heavy (non-hydrogen) atoms. The zero-order valence-corrected chi connectivity index (χ0v) is 13.3. The van der Waals surface area contributed by atoms with Gasteiger partial charge in [0.1, 0.15) is 0 Å². The van der Waals surface area contributed by atoms with Gasteiger partial charge in [0.25, 0.3) is 5.91 Å².